The Morgan fingerprint density at radius 3 is 2.79 bits per heavy atom. The molecule has 0 unspecified atom stereocenters. The standard InChI is InChI=1S/C10H11ClN2S/c1-6(2)13-8-5-3-4-7(11)9(8)12-10(13)14/h3-6H,1-2H3,(H,12,14). The Bertz CT molecular complexity index is 524. The minimum atomic E-state index is 0.342. The number of aromatic amines is 1. The molecular weight excluding hydrogens is 216 g/mol. The van der Waals surface area contributed by atoms with Gasteiger partial charge in [0.25, 0.3) is 0 Å². The van der Waals surface area contributed by atoms with Crippen LogP contribution in [0.3, 0.4) is 0 Å². The highest BCUT2D eigenvalue weighted by molar-refractivity contribution is 7.71. The van der Waals surface area contributed by atoms with Gasteiger partial charge in [-0.15, -0.1) is 0 Å². The quantitative estimate of drug-likeness (QED) is 0.731. The van der Waals surface area contributed by atoms with Crippen molar-refractivity contribution in [1.29, 1.82) is 0 Å². The number of hydrogen-bond donors (Lipinski definition) is 1. The van der Waals surface area contributed by atoms with E-state index >= 15 is 0 Å². The van der Waals surface area contributed by atoms with Gasteiger partial charge in [-0.3, -0.25) is 0 Å². The first-order valence-corrected chi connectivity index (χ1v) is 5.28. The number of hydrogen-bond acceptors (Lipinski definition) is 1. The van der Waals surface area contributed by atoms with Crippen molar-refractivity contribution in [2.75, 3.05) is 0 Å². The van der Waals surface area contributed by atoms with Gasteiger partial charge in [0.05, 0.1) is 16.1 Å². The molecule has 74 valence electrons. The zero-order valence-corrected chi connectivity index (χ0v) is 9.62. The summed E-state index contributed by atoms with van der Waals surface area (Å²) in [4.78, 5) is 3.12. The van der Waals surface area contributed by atoms with Gasteiger partial charge in [0.2, 0.25) is 0 Å². The molecule has 1 heterocycles. The van der Waals surface area contributed by atoms with Crippen LogP contribution in [0.1, 0.15) is 19.9 Å². The van der Waals surface area contributed by atoms with Crippen LogP contribution in [0.2, 0.25) is 5.02 Å². The second kappa shape index (κ2) is 3.41. The third-order valence-corrected chi connectivity index (χ3v) is 2.83. The lowest BCUT2D eigenvalue weighted by Gasteiger charge is -2.07. The van der Waals surface area contributed by atoms with Gasteiger partial charge in [-0.2, -0.15) is 0 Å². The normalized spacial score (nSPS) is 11.4. The van der Waals surface area contributed by atoms with Gasteiger partial charge >= 0.3 is 0 Å². The van der Waals surface area contributed by atoms with Crippen LogP contribution in [0.25, 0.3) is 11.0 Å². The predicted octanol–water partition coefficient (Wildman–Crippen LogP) is 3.93. The molecule has 2 rings (SSSR count). The van der Waals surface area contributed by atoms with Crippen molar-refractivity contribution < 1.29 is 0 Å². The lowest BCUT2D eigenvalue weighted by molar-refractivity contribution is 0.610. The van der Waals surface area contributed by atoms with Crippen LogP contribution in [0.4, 0.5) is 0 Å². The summed E-state index contributed by atoms with van der Waals surface area (Å²) in [6.07, 6.45) is 0. The Kier molecular flexibility index (Phi) is 2.37. The fraction of sp³-hybridized carbons (Fsp3) is 0.300. The topological polar surface area (TPSA) is 20.7 Å². The SMILES string of the molecule is CC(C)n1c(=S)[nH]c2c(Cl)cccc21. The van der Waals surface area contributed by atoms with Gasteiger partial charge in [-0.1, -0.05) is 17.7 Å². The number of H-pyrrole nitrogens is 1. The summed E-state index contributed by atoms with van der Waals surface area (Å²) in [5.74, 6) is 0. The fourth-order valence-corrected chi connectivity index (χ4v) is 2.25. The van der Waals surface area contributed by atoms with Crippen molar-refractivity contribution in [2.45, 2.75) is 19.9 Å². The third kappa shape index (κ3) is 1.37. The summed E-state index contributed by atoms with van der Waals surface area (Å²) in [5.41, 5.74) is 1.99. The van der Waals surface area contributed by atoms with E-state index in [9.17, 15) is 0 Å². The number of nitrogens with zero attached hydrogens (tertiary/aromatic N) is 1. The first-order chi connectivity index (χ1) is 6.61. The van der Waals surface area contributed by atoms with Crippen molar-refractivity contribution in [3.8, 4) is 0 Å². The molecule has 4 heteroatoms. The van der Waals surface area contributed by atoms with Crippen LogP contribution in [0.5, 0.6) is 0 Å². The molecule has 0 atom stereocenters. The molecular formula is C10H11ClN2S. The summed E-state index contributed by atoms with van der Waals surface area (Å²) in [6, 6.07) is 6.16. The molecule has 0 radical (unpaired) electrons. The first kappa shape index (κ1) is 9.74. The number of nitrogens with one attached hydrogen (secondary N) is 1. The van der Waals surface area contributed by atoms with Gasteiger partial charge in [0.1, 0.15) is 0 Å². The zero-order chi connectivity index (χ0) is 10.3. The fourth-order valence-electron chi connectivity index (χ4n) is 1.63. The Hall–Kier alpha value is -0.800. The van der Waals surface area contributed by atoms with Crippen molar-refractivity contribution in [1.82, 2.24) is 9.55 Å². The van der Waals surface area contributed by atoms with Gasteiger partial charge in [0.15, 0.2) is 4.77 Å². The molecule has 0 aliphatic carbocycles. The van der Waals surface area contributed by atoms with Crippen LogP contribution in [-0.2, 0) is 0 Å². The number of aromatic nitrogens is 2. The molecule has 1 aromatic carbocycles. The molecule has 0 aliphatic heterocycles. The maximum absolute atomic E-state index is 6.06. The van der Waals surface area contributed by atoms with Crippen LogP contribution < -0.4 is 0 Å². The largest absolute Gasteiger partial charge is 0.329 e. The summed E-state index contributed by atoms with van der Waals surface area (Å²) < 4.78 is 2.79. The van der Waals surface area contributed by atoms with E-state index in [0.29, 0.717) is 11.1 Å². The molecule has 0 amide bonds. The number of fused-ring (bicyclic) bond motifs is 1. The third-order valence-electron chi connectivity index (χ3n) is 2.22. The molecule has 1 aromatic heterocycles. The van der Waals surface area contributed by atoms with Crippen LogP contribution in [0.15, 0.2) is 18.2 Å². The number of halogens is 1. The Labute approximate surface area is 92.5 Å². The lowest BCUT2D eigenvalue weighted by atomic mass is 10.3. The van der Waals surface area contributed by atoms with Gasteiger partial charge in [0, 0.05) is 6.04 Å². The second-order valence-corrected chi connectivity index (χ2v) is 4.32. The molecule has 14 heavy (non-hydrogen) atoms. The summed E-state index contributed by atoms with van der Waals surface area (Å²) in [6.45, 7) is 4.20. The van der Waals surface area contributed by atoms with Gasteiger partial charge in [-0.05, 0) is 38.2 Å². The van der Waals surface area contributed by atoms with Crippen LogP contribution in [-0.4, -0.2) is 9.55 Å². The van der Waals surface area contributed by atoms with E-state index in [0.717, 1.165) is 15.8 Å². The number of benzene rings is 1. The smallest absolute Gasteiger partial charge is 0.178 e. The highest BCUT2D eigenvalue weighted by Gasteiger charge is 2.08. The van der Waals surface area contributed by atoms with Crippen molar-refractivity contribution in [3.05, 3.63) is 28.0 Å². The first-order valence-electron chi connectivity index (χ1n) is 4.50. The van der Waals surface area contributed by atoms with E-state index in [2.05, 4.69) is 23.4 Å². The molecule has 2 nitrogen and oxygen atoms in total. The number of imidazole rings is 1. The number of rotatable bonds is 1. The summed E-state index contributed by atoms with van der Waals surface area (Å²) in [5, 5.41) is 0.716. The molecule has 1 N–H and O–H groups in total. The molecule has 0 fully saturated rings. The molecule has 0 aliphatic rings. The highest BCUT2D eigenvalue weighted by atomic mass is 35.5. The van der Waals surface area contributed by atoms with E-state index in [1.54, 1.807) is 0 Å². The highest BCUT2D eigenvalue weighted by Crippen LogP contribution is 2.24. The van der Waals surface area contributed by atoms with E-state index in [1.165, 1.54) is 0 Å². The molecule has 0 spiro atoms. The van der Waals surface area contributed by atoms with Crippen LogP contribution >= 0.6 is 23.8 Å². The zero-order valence-electron chi connectivity index (χ0n) is 8.04. The maximum atomic E-state index is 6.06. The summed E-state index contributed by atoms with van der Waals surface area (Å²) >= 11 is 11.3. The van der Waals surface area contributed by atoms with E-state index in [1.807, 2.05) is 18.2 Å². The Morgan fingerprint density at radius 1 is 1.43 bits per heavy atom. The average molecular weight is 227 g/mol. The lowest BCUT2D eigenvalue weighted by Crippen LogP contribution is -1.99. The van der Waals surface area contributed by atoms with E-state index in [-0.39, 0.29) is 0 Å². The van der Waals surface area contributed by atoms with Gasteiger partial charge < -0.3 is 9.55 Å². The molecule has 2 aromatic rings. The molecule has 0 saturated heterocycles. The molecule has 0 bridgehead atoms. The molecule has 0 saturated carbocycles. The van der Waals surface area contributed by atoms with Crippen molar-refractivity contribution in [3.63, 3.8) is 0 Å². The second-order valence-electron chi connectivity index (χ2n) is 3.53. The van der Waals surface area contributed by atoms with Gasteiger partial charge in [-0.25, -0.2) is 0 Å². The van der Waals surface area contributed by atoms with Crippen molar-refractivity contribution in [2.24, 2.45) is 0 Å². The van der Waals surface area contributed by atoms with Crippen LogP contribution in [0, 0.1) is 4.77 Å². The number of para-hydroxylation sites is 1. The van der Waals surface area contributed by atoms with Crippen molar-refractivity contribution >= 4 is 34.9 Å². The predicted molar refractivity (Wildman–Crippen MR) is 62.5 cm³/mol. The van der Waals surface area contributed by atoms with E-state index < -0.39 is 0 Å². The monoisotopic (exact) mass is 226 g/mol. The average Bonchev–Trinajstić information content (AvgIpc) is 2.42. The maximum Gasteiger partial charge on any atom is 0.178 e. The summed E-state index contributed by atoms with van der Waals surface area (Å²) in [7, 11) is 0. The minimum absolute atomic E-state index is 0.342. The minimum Gasteiger partial charge on any atom is -0.329 e. The van der Waals surface area contributed by atoms with E-state index in [4.69, 9.17) is 23.8 Å². The Balaban J connectivity index is 2.91. The Morgan fingerprint density at radius 2 is 2.14 bits per heavy atom.